The van der Waals surface area contributed by atoms with Crippen LogP contribution in [0.2, 0.25) is 0 Å². The molecule has 0 fully saturated rings. The van der Waals surface area contributed by atoms with E-state index in [0.717, 1.165) is 11.0 Å². The first-order chi connectivity index (χ1) is 10.5. The minimum absolute atomic E-state index is 0.122. The lowest BCUT2D eigenvalue weighted by Gasteiger charge is -2.30. The Kier molecular flexibility index (Phi) is 2.74. The van der Waals surface area contributed by atoms with Crippen molar-refractivity contribution in [1.82, 2.24) is 0 Å². The van der Waals surface area contributed by atoms with Gasteiger partial charge in [0.1, 0.15) is 0 Å². The van der Waals surface area contributed by atoms with Crippen LogP contribution in [-0.2, 0) is 4.79 Å². The van der Waals surface area contributed by atoms with Crippen LogP contribution >= 0.6 is 0 Å². The molecule has 0 radical (unpaired) electrons. The molecule has 4 heteroatoms. The summed E-state index contributed by atoms with van der Waals surface area (Å²) in [4.78, 5) is 11.9. The van der Waals surface area contributed by atoms with Crippen LogP contribution in [0.5, 0.6) is 0 Å². The van der Waals surface area contributed by atoms with Crippen molar-refractivity contribution in [3.63, 3.8) is 0 Å². The Hall–Kier alpha value is -2.10. The van der Waals surface area contributed by atoms with Crippen LogP contribution in [0.15, 0.2) is 42.0 Å². The predicted octanol–water partition coefficient (Wildman–Crippen LogP) is 5.01. The summed E-state index contributed by atoms with van der Waals surface area (Å²) in [7, 11) is 0. The third-order valence-electron chi connectivity index (χ3n) is 4.75. The topological polar surface area (TPSA) is 17.1 Å². The Morgan fingerprint density at radius 3 is 2.50 bits per heavy atom. The highest BCUT2D eigenvalue weighted by molar-refractivity contribution is 6.09. The van der Waals surface area contributed by atoms with Crippen molar-refractivity contribution in [2.75, 3.05) is 0 Å². The van der Waals surface area contributed by atoms with E-state index in [1.54, 1.807) is 18.2 Å². The molecule has 1 atom stereocenters. The molecule has 0 bridgehead atoms. The molecule has 0 amide bonds. The molecule has 0 aliphatic heterocycles. The summed E-state index contributed by atoms with van der Waals surface area (Å²) in [5.74, 6) is -1.71. The van der Waals surface area contributed by atoms with Crippen molar-refractivity contribution in [3.8, 4) is 0 Å². The van der Waals surface area contributed by atoms with E-state index in [2.05, 4.69) is 0 Å². The fourth-order valence-electron chi connectivity index (χ4n) is 3.76. The molecule has 4 rings (SSSR count). The van der Waals surface area contributed by atoms with Gasteiger partial charge in [-0.1, -0.05) is 36.4 Å². The van der Waals surface area contributed by atoms with Crippen molar-refractivity contribution in [2.24, 2.45) is 0 Å². The SMILES string of the molecule is O=C1CCC2=C1CC(C(F)(F)F)c1c2ccc2ccccc12. The van der Waals surface area contributed by atoms with E-state index in [-0.39, 0.29) is 12.2 Å². The summed E-state index contributed by atoms with van der Waals surface area (Å²) in [5.41, 5.74) is 2.18. The van der Waals surface area contributed by atoms with Crippen LogP contribution in [0.1, 0.15) is 36.3 Å². The number of fused-ring (bicyclic) bond motifs is 4. The van der Waals surface area contributed by atoms with Crippen LogP contribution in [0.3, 0.4) is 0 Å². The van der Waals surface area contributed by atoms with Gasteiger partial charge >= 0.3 is 6.18 Å². The quantitative estimate of drug-likeness (QED) is 0.669. The smallest absolute Gasteiger partial charge is 0.295 e. The molecule has 2 aliphatic rings. The Morgan fingerprint density at radius 2 is 1.73 bits per heavy atom. The van der Waals surface area contributed by atoms with E-state index in [9.17, 15) is 18.0 Å². The Balaban J connectivity index is 2.07. The first kappa shape index (κ1) is 13.6. The van der Waals surface area contributed by atoms with Gasteiger partial charge in [-0.25, -0.2) is 0 Å². The summed E-state index contributed by atoms with van der Waals surface area (Å²) in [6, 6.07) is 10.8. The second kappa shape index (κ2) is 4.45. The maximum absolute atomic E-state index is 13.6. The van der Waals surface area contributed by atoms with Gasteiger partial charge in [0.05, 0.1) is 5.92 Å². The monoisotopic (exact) mass is 302 g/mol. The van der Waals surface area contributed by atoms with Gasteiger partial charge in [-0.15, -0.1) is 0 Å². The number of hydrogen-bond donors (Lipinski definition) is 0. The molecule has 1 nitrogen and oxygen atoms in total. The minimum atomic E-state index is -4.35. The van der Waals surface area contributed by atoms with Gasteiger partial charge < -0.3 is 0 Å². The number of carbonyl (C=O) groups is 1. The van der Waals surface area contributed by atoms with E-state index in [1.165, 1.54) is 0 Å². The normalized spacial score (nSPS) is 21.2. The van der Waals surface area contributed by atoms with Gasteiger partial charge in [0, 0.05) is 6.42 Å². The lowest BCUT2D eigenvalue weighted by atomic mass is 9.77. The van der Waals surface area contributed by atoms with E-state index in [0.29, 0.717) is 34.9 Å². The standard InChI is InChI=1S/C18H13F3O/c19-18(20,21)15-9-14-12(7-8-16(14)22)13-6-5-10-3-1-2-4-11(10)17(13)15/h1-6,15H,7-9H2. The van der Waals surface area contributed by atoms with Crippen LogP contribution in [0, 0.1) is 0 Å². The molecule has 2 aromatic rings. The van der Waals surface area contributed by atoms with Gasteiger partial charge in [0.2, 0.25) is 0 Å². The van der Waals surface area contributed by atoms with E-state index in [1.807, 2.05) is 18.2 Å². The highest BCUT2D eigenvalue weighted by Crippen LogP contribution is 2.52. The molecule has 2 aliphatic carbocycles. The highest BCUT2D eigenvalue weighted by atomic mass is 19.4. The second-order valence-electron chi connectivity index (χ2n) is 5.93. The van der Waals surface area contributed by atoms with Crippen LogP contribution in [-0.4, -0.2) is 12.0 Å². The number of Topliss-reactive ketones (excluding diaryl/α,β-unsaturated/α-hetero) is 1. The van der Waals surface area contributed by atoms with Crippen molar-refractivity contribution >= 4 is 22.1 Å². The number of rotatable bonds is 0. The maximum atomic E-state index is 13.6. The molecular formula is C18H13F3O. The van der Waals surface area contributed by atoms with Crippen LogP contribution < -0.4 is 0 Å². The molecule has 2 aromatic carbocycles. The van der Waals surface area contributed by atoms with E-state index in [4.69, 9.17) is 0 Å². The zero-order chi connectivity index (χ0) is 15.5. The molecular weight excluding hydrogens is 289 g/mol. The summed E-state index contributed by atoms with van der Waals surface area (Å²) in [5, 5.41) is 1.46. The van der Waals surface area contributed by atoms with Crippen molar-refractivity contribution in [1.29, 1.82) is 0 Å². The molecule has 0 saturated heterocycles. The number of allylic oxidation sites excluding steroid dienone is 2. The second-order valence-corrected chi connectivity index (χ2v) is 5.93. The van der Waals surface area contributed by atoms with E-state index < -0.39 is 12.1 Å². The Morgan fingerprint density at radius 1 is 0.955 bits per heavy atom. The fraction of sp³-hybridized carbons (Fsp3) is 0.278. The Labute approximate surface area is 125 Å². The average molecular weight is 302 g/mol. The Bertz CT molecular complexity index is 830. The number of carbonyl (C=O) groups excluding carboxylic acids is 1. The highest BCUT2D eigenvalue weighted by Gasteiger charge is 2.47. The van der Waals surface area contributed by atoms with Gasteiger partial charge in [0.25, 0.3) is 0 Å². The zero-order valence-electron chi connectivity index (χ0n) is 11.7. The first-order valence-corrected chi connectivity index (χ1v) is 7.31. The van der Waals surface area contributed by atoms with Crippen LogP contribution in [0.4, 0.5) is 13.2 Å². The number of benzene rings is 2. The zero-order valence-corrected chi connectivity index (χ0v) is 11.7. The minimum Gasteiger partial charge on any atom is -0.295 e. The van der Waals surface area contributed by atoms with Gasteiger partial charge in [-0.3, -0.25) is 4.79 Å². The summed E-state index contributed by atoms with van der Waals surface area (Å²) in [6.45, 7) is 0. The summed E-state index contributed by atoms with van der Waals surface area (Å²) >= 11 is 0. The summed E-state index contributed by atoms with van der Waals surface area (Å²) < 4.78 is 40.8. The molecule has 0 spiro atoms. The maximum Gasteiger partial charge on any atom is 0.396 e. The van der Waals surface area contributed by atoms with Crippen molar-refractivity contribution in [3.05, 3.63) is 53.1 Å². The summed E-state index contributed by atoms with van der Waals surface area (Å²) in [6.07, 6.45) is -3.66. The molecule has 112 valence electrons. The van der Waals surface area contributed by atoms with Gasteiger partial charge in [-0.2, -0.15) is 13.2 Å². The van der Waals surface area contributed by atoms with Gasteiger partial charge in [-0.05, 0) is 45.9 Å². The first-order valence-electron chi connectivity index (χ1n) is 7.31. The van der Waals surface area contributed by atoms with Gasteiger partial charge in [0.15, 0.2) is 5.78 Å². The number of hydrogen-bond acceptors (Lipinski definition) is 1. The third kappa shape index (κ3) is 1.83. The third-order valence-corrected chi connectivity index (χ3v) is 4.75. The molecule has 22 heavy (non-hydrogen) atoms. The fourth-order valence-corrected chi connectivity index (χ4v) is 3.76. The molecule has 0 saturated carbocycles. The number of alkyl halides is 3. The number of halogens is 3. The van der Waals surface area contributed by atoms with E-state index >= 15 is 0 Å². The number of ketones is 1. The lowest BCUT2D eigenvalue weighted by molar-refractivity contribution is -0.150. The molecule has 1 unspecified atom stereocenters. The van der Waals surface area contributed by atoms with Crippen LogP contribution in [0.25, 0.3) is 16.3 Å². The molecule has 0 N–H and O–H groups in total. The molecule has 0 heterocycles. The predicted molar refractivity (Wildman–Crippen MR) is 78.5 cm³/mol. The lowest BCUT2D eigenvalue weighted by Crippen LogP contribution is -2.26. The van der Waals surface area contributed by atoms with Crippen molar-refractivity contribution < 1.29 is 18.0 Å². The van der Waals surface area contributed by atoms with Crippen molar-refractivity contribution in [2.45, 2.75) is 31.4 Å². The molecule has 0 aromatic heterocycles. The largest absolute Gasteiger partial charge is 0.396 e. The average Bonchev–Trinajstić information content (AvgIpc) is 2.86.